The van der Waals surface area contributed by atoms with Crippen LogP contribution in [0.15, 0.2) is 29.3 Å². The van der Waals surface area contributed by atoms with E-state index in [-0.39, 0.29) is 42.0 Å². The van der Waals surface area contributed by atoms with Gasteiger partial charge < -0.3 is 20.1 Å². The number of hydrogen-bond acceptors (Lipinski definition) is 5. The van der Waals surface area contributed by atoms with Crippen molar-refractivity contribution in [1.82, 2.24) is 5.32 Å². The van der Waals surface area contributed by atoms with Crippen molar-refractivity contribution in [2.75, 3.05) is 50.2 Å². The molecule has 150 valence electrons. The first-order chi connectivity index (χ1) is 12.0. The van der Waals surface area contributed by atoms with Gasteiger partial charge in [-0.15, -0.1) is 24.0 Å². The molecule has 7 nitrogen and oxygen atoms in total. The number of hydrogen-bond donors (Lipinski definition) is 2. The third kappa shape index (κ3) is 10.8. The third-order valence-electron chi connectivity index (χ3n) is 3.31. The first-order valence-electron chi connectivity index (χ1n) is 8.48. The maximum absolute atomic E-state index is 11.6. The molecule has 0 aliphatic heterocycles. The fourth-order valence-electron chi connectivity index (χ4n) is 1.94. The number of guanidine groups is 1. The van der Waals surface area contributed by atoms with E-state index in [1.807, 2.05) is 31.2 Å². The van der Waals surface area contributed by atoms with Crippen LogP contribution in [-0.2, 0) is 14.6 Å². The Morgan fingerprint density at radius 2 is 2.00 bits per heavy atom. The SMILES string of the molecule is CCNC(=NCCS(=O)(=O)CC)Nc1cccc(OCCCOC)c1.I. The highest BCUT2D eigenvalue weighted by Crippen LogP contribution is 2.17. The summed E-state index contributed by atoms with van der Waals surface area (Å²) in [6.45, 7) is 5.74. The van der Waals surface area contributed by atoms with Crippen LogP contribution in [0.1, 0.15) is 20.3 Å². The molecule has 0 saturated heterocycles. The second kappa shape index (κ2) is 14.0. The summed E-state index contributed by atoms with van der Waals surface area (Å²) in [5, 5.41) is 6.27. The predicted octanol–water partition coefficient (Wildman–Crippen LogP) is 2.53. The molecule has 0 radical (unpaired) electrons. The highest BCUT2D eigenvalue weighted by molar-refractivity contribution is 14.0. The lowest BCUT2D eigenvalue weighted by Gasteiger charge is -2.13. The molecule has 26 heavy (non-hydrogen) atoms. The minimum absolute atomic E-state index is 0. The summed E-state index contributed by atoms with van der Waals surface area (Å²) in [7, 11) is -1.35. The van der Waals surface area contributed by atoms with Gasteiger partial charge in [-0.05, 0) is 19.1 Å². The molecule has 0 unspecified atom stereocenters. The summed E-state index contributed by atoms with van der Waals surface area (Å²) >= 11 is 0. The van der Waals surface area contributed by atoms with Gasteiger partial charge in [-0.2, -0.15) is 0 Å². The number of nitrogens with one attached hydrogen (secondary N) is 2. The number of aliphatic imine (C=N–C) groups is 1. The number of nitrogens with zero attached hydrogens (tertiary/aromatic N) is 1. The largest absolute Gasteiger partial charge is 0.493 e. The summed E-state index contributed by atoms with van der Waals surface area (Å²) < 4.78 is 33.8. The second-order valence-corrected chi connectivity index (χ2v) is 7.82. The zero-order valence-corrected chi connectivity index (χ0v) is 18.8. The fraction of sp³-hybridized carbons (Fsp3) is 0.588. The van der Waals surface area contributed by atoms with E-state index in [0.29, 0.717) is 25.7 Å². The number of halogens is 1. The lowest BCUT2D eigenvalue weighted by atomic mass is 10.3. The molecule has 0 spiro atoms. The number of rotatable bonds is 11. The number of anilines is 1. The van der Waals surface area contributed by atoms with Crippen molar-refractivity contribution < 1.29 is 17.9 Å². The standard InChI is InChI=1S/C17H29N3O4S.HI/c1-4-18-17(19-10-13-25(21,22)5-2)20-15-8-6-9-16(14-15)24-12-7-11-23-3;/h6,8-9,14H,4-5,7,10-13H2,1-3H3,(H2,18,19,20);1H. The molecule has 1 aromatic rings. The Hall–Kier alpha value is -1.07. The summed E-state index contributed by atoms with van der Waals surface area (Å²) in [6.07, 6.45) is 0.824. The lowest BCUT2D eigenvalue weighted by molar-refractivity contribution is 0.172. The van der Waals surface area contributed by atoms with Gasteiger partial charge in [0, 0.05) is 44.2 Å². The van der Waals surface area contributed by atoms with Crippen LogP contribution in [0.2, 0.25) is 0 Å². The summed E-state index contributed by atoms with van der Waals surface area (Å²) in [4.78, 5) is 4.32. The number of methoxy groups -OCH3 is 1. The number of ether oxygens (including phenoxy) is 2. The molecule has 0 fully saturated rings. The van der Waals surface area contributed by atoms with Gasteiger partial charge in [0.25, 0.3) is 0 Å². The van der Waals surface area contributed by atoms with Gasteiger partial charge in [-0.3, -0.25) is 4.99 Å². The summed E-state index contributed by atoms with van der Waals surface area (Å²) in [5.74, 6) is 1.48. The highest BCUT2D eigenvalue weighted by Gasteiger charge is 2.07. The molecular weight excluding hydrogens is 469 g/mol. The minimum Gasteiger partial charge on any atom is -0.493 e. The van der Waals surface area contributed by atoms with Gasteiger partial charge in [0.15, 0.2) is 15.8 Å². The molecule has 2 N–H and O–H groups in total. The van der Waals surface area contributed by atoms with Crippen molar-refractivity contribution in [3.05, 3.63) is 24.3 Å². The number of benzene rings is 1. The molecule has 0 atom stereocenters. The van der Waals surface area contributed by atoms with Crippen molar-refractivity contribution in [3.63, 3.8) is 0 Å². The molecule has 0 aliphatic rings. The van der Waals surface area contributed by atoms with E-state index in [0.717, 1.165) is 17.9 Å². The fourth-order valence-corrected chi connectivity index (χ4v) is 2.60. The van der Waals surface area contributed by atoms with Crippen LogP contribution in [0.3, 0.4) is 0 Å². The quantitative estimate of drug-likeness (QED) is 0.211. The smallest absolute Gasteiger partial charge is 0.195 e. The van der Waals surface area contributed by atoms with Gasteiger partial charge in [0.05, 0.1) is 18.9 Å². The molecule has 0 amide bonds. The Balaban J connectivity index is 0.00000625. The first-order valence-corrected chi connectivity index (χ1v) is 10.3. The second-order valence-electron chi connectivity index (χ2n) is 5.34. The van der Waals surface area contributed by atoms with Gasteiger partial charge in [-0.1, -0.05) is 13.0 Å². The van der Waals surface area contributed by atoms with Gasteiger partial charge in [-0.25, -0.2) is 8.42 Å². The topological polar surface area (TPSA) is 89.0 Å². The molecule has 0 aromatic heterocycles. The summed E-state index contributed by atoms with van der Waals surface area (Å²) in [6, 6.07) is 7.55. The maximum atomic E-state index is 11.6. The Kier molecular flexibility index (Phi) is 13.5. The normalized spacial score (nSPS) is 11.6. The van der Waals surface area contributed by atoms with E-state index in [1.165, 1.54) is 0 Å². The van der Waals surface area contributed by atoms with Crippen LogP contribution in [0.5, 0.6) is 5.75 Å². The molecule has 0 bridgehead atoms. The Morgan fingerprint density at radius 1 is 1.23 bits per heavy atom. The van der Waals surface area contributed by atoms with Crippen molar-refractivity contribution in [3.8, 4) is 5.75 Å². The van der Waals surface area contributed by atoms with Crippen molar-refractivity contribution in [1.29, 1.82) is 0 Å². The number of sulfone groups is 1. The van der Waals surface area contributed by atoms with Crippen LogP contribution in [0.4, 0.5) is 5.69 Å². The van der Waals surface area contributed by atoms with Crippen LogP contribution in [0, 0.1) is 0 Å². The minimum atomic E-state index is -3.02. The molecule has 1 aromatic carbocycles. The molecular formula is C17H30IN3O4S. The molecule has 1 rings (SSSR count). The van der Waals surface area contributed by atoms with Crippen LogP contribution in [-0.4, -0.2) is 59.3 Å². The average Bonchev–Trinajstić information content (AvgIpc) is 2.59. The Morgan fingerprint density at radius 3 is 2.65 bits per heavy atom. The lowest BCUT2D eigenvalue weighted by Crippen LogP contribution is -2.31. The van der Waals surface area contributed by atoms with E-state index < -0.39 is 9.84 Å². The zero-order chi connectivity index (χ0) is 18.5. The van der Waals surface area contributed by atoms with Crippen molar-refractivity contribution in [2.45, 2.75) is 20.3 Å². The van der Waals surface area contributed by atoms with Crippen molar-refractivity contribution >= 4 is 45.5 Å². The maximum Gasteiger partial charge on any atom is 0.195 e. The van der Waals surface area contributed by atoms with E-state index in [9.17, 15) is 8.42 Å². The van der Waals surface area contributed by atoms with E-state index in [2.05, 4.69) is 15.6 Å². The monoisotopic (exact) mass is 499 g/mol. The predicted molar refractivity (Wildman–Crippen MR) is 118 cm³/mol. The molecule has 0 heterocycles. The van der Waals surface area contributed by atoms with E-state index >= 15 is 0 Å². The van der Waals surface area contributed by atoms with E-state index in [4.69, 9.17) is 9.47 Å². The summed E-state index contributed by atoms with van der Waals surface area (Å²) in [5.41, 5.74) is 0.822. The zero-order valence-electron chi connectivity index (χ0n) is 15.7. The first kappa shape index (κ1) is 24.9. The van der Waals surface area contributed by atoms with Crippen LogP contribution < -0.4 is 15.4 Å². The third-order valence-corrected chi connectivity index (χ3v) is 5.00. The average molecular weight is 499 g/mol. The van der Waals surface area contributed by atoms with E-state index in [1.54, 1.807) is 14.0 Å². The molecule has 0 aliphatic carbocycles. The Labute approximate surface area is 173 Å². The van der Waals surface area contributed by atoms with Gasteiger partial charge in [0.1, 0.15) is 5.75 Å². The van der Waals surface area contributed by atoms with Crippen LogP contribution in [0.25, 0.3) is 0 Å². The van der Waals surface area contributed by atoms with Gasteiger partial charge in [0.2, 0.25) is 0 Å². The molecule has 0 saturated carbocycles. The highest BCUT2D eigenvalue weighted by atomic mass is 127. The Bertz CT molecular complexity index is 639. The van der Waals surface area contributed by atoms with Crippen molar-refractivity contribution in [2.24, 2.45) is 4.99 Å². The van der Waals surface area contributed by atoms with Crippen LogP contribution >= 0.6 is 24.0 Å². The molecule has 9 heteroatoms. The van der Waals surface area contributed by atoms with Gasteiger partial charge >= 0.3 is 0 Å².